The number of halogens is 2. The summed E-state index contributed by atoms with van der Waals surface area (Å²) < 4.78 is 0. The molecule has 5 heteroatoms. The number of benzene rings is 2. The van der Waals surface area contributed by atoms with Crippen molar-refractivity contribution in [3.8, 4) is 11.1 Å². The fourth-order valence-corrected chi connectivity index (χ4v) is 4.03. The molecule has 1 aliphatic rings. The second kappa shape index (κ2) is 9.41. The van der Waals surface area contributed by atoms with Crippen LogP contribution in [0, 0.1) is 5.92 Å². The molecule has 27 heavy (non-hydrogen) atoms. The van der Waals surface area contributed by atoms with Crippen molar-refractivity contribution in [2.24, 2.45) is 5.92 Å². The highest BCUT2D eigenvalue weighted by atomic mass is 35.5. The maximum atomic E-state index is 11.2. The Morgan fingerprint density at radius 2 is 2.00 bits per heavy atom. The van der Waals surface area contributed by atoms with Gasteiger partial charge in [-0.3, -0.25) is 4.79 Å². The van der Waals surface area contributed by atoms with E-state index in [1.807, 2.05) is 24.3 Å². The lowest BCUT2D eigenvalue weighted by Gasteiger charge is -2.30. The summed E-state index contributed by atoms with van der Waals surface area (Å²) in [6.07, 6.45) is 6.89. The highest BCUT2D eigenvalue weighted by Gasteiger charge is 2.24. The van der Waals surface area contributed by atoms with Gasteiger partial charge in [0.15, 0.2) is 0 Å². The lowest BCUT2D eigenvalue weighted by atomic mass is 9.98. The molecule has 0 spiro atoms. The summed E-state index contributed by atoms with van der Waals surface area (Å²) in [6, 6.07) is 13.7. The molecular weight excluding hydrogens is 381 g/mol. The number of carboxylic acids is 1. The monoisotopic (exact) mass is 403 g/mol. The van der Waals surface area contributed by atoms with Crippen LogP contribution in [0.2, 0.25) is 10.0 Å². The number of piperidine rings is 1. The van der Waals surface area contributed by atoms with E-state index in [1.54, 1.807) is 6.07 Å². The minimum atomic E-state index is -0.677. The first-order valence-corrected chi connectivity index (χ1v) is 9.96. The van der Waals surface area contributed by atoms with E-state index in [4.69, 9.17) is 23.2 Å². The van der Waals surface area contributed by atoms with Gasteiger partial charge in [0.1, 0.15) is 0 Å². The number of rotatable bonds is 6. The molecule has 0 aliphatic carbocycles. The highest BCUT2D eigenvalue weighted by Crippen LogP contribution is 2.33. The smallest absolute Gasteiger partial charge is 0.307 e. The molecule has 1 N–H and O–H groups in total. The predicted molar refractivity (Wildman–Crippen MR) is 112 cm³/mol. The molecule has 1 unspecified atom stereocenters. The molecule has 0 aromatic heterocycles. The Morgan fingerprint density at radius 1 is 1.19 bits per heavy atom. The summed E-state index contributed by atoms with van der Waals surface area (Å²) >= 11 is 12.4. The average molecular weight is 404 g/mol. The van der Waals surface area contributed by atoms with E-state index in [0.29, 0.717) is 16.6 Å². The van der Waals surface area contributed by atoms with Gasteiger partial charge < -0.3 is 10.0 Å². The van der Waals surface area contributed by atoms with E-state index in [-0.39, 0.29) is 5.92 Å². The van der Waals surface area contributed by atoms with Gasteiger partial charge in [-0.15, -0.1) is 0 Å². The SMILES string of the molecule is O=C(O)C1CCCN(CC/C=C/c2ccccc2-c2ccc(Cl)cc2Cl)C1. The number of hydrogen-bond donors (Lipinski definition) is 1. The Morgan fingerprint density at radius 3 is 2.78 bits per heavy atom. The molecule has 142 valence electrons. The Hall–Kier alpha value is -1.81. The molecule has 0 bridgehead atoms. The maximum absolute atomic E-state index is 11.2. The van der Waals surface area contributed by atoms with Crippen LogP contribution >= 0.6 is 23.2 Å². The topological polar surface area (TPSA) is 40.5 Å². The summed E-state index contributed by atoms with van der Waals surface area (Å²) in [5.41, 5.74) is 3.13. The van der Waals surface area contributed by atoms with Crippen LogP contribution in [0.5, 0.6) is 0 Å². The van der Waals surface area contributed by atoms with Gasteiger partial charge in [0, 0.05) is 28.7 Å². The normalized spacial score (nSPS) is 18.1. The van der Waals surface area contributed by atoms with E-state index in [9.17, 15) is 9.90 Å². The van der Waals surface area contributed by atoms with Crippen molar-refractivity contribution in [2.75, 3.05) is 19.6 Å². The Bertz CT molecular complexity index is 835. The zero-order valence-corrected chi connectivity index (χ0v) is 16.6. The average Bonchev–Trinajstić information content (AvgIpc) is 2.66. The number of aliphatic carboxylic acids is 1. The standard InChI is InChI=1S/C22H23Cl2NO2/c23-18-10-11-20(21(24)14-18)19-9-2-1-6-16(19)7-3-4-12-25-13-5-8-17(15-25)22(26)27/h1-3,6-7,9-11,14,17H,4-5,8,12-13,15H2,(H,26,27)/b7-3+. The van der Waals surface area contributed by atoms with Crippen LogP contribution in [0.25, 0.3) is 17.2 Å². The third-order valence-corrected chi connectivity index (χ3v) is 5.49. The fourth-order valence-electron chi connectivity index (χ4n) is 3.52. The van der Waals surface area contributed by atoms with E-state index >= 15 is 0 Å². The van der Waals surface area contributed by atoms with Gasteiger partial charge in [-0.2, -0.15) is 0 Å². The second-order valence-corrected chi connectivity index (χ2v) is 7.72. The van der Waals surface area contributed by atoms with Crippen molar-refractivity contribution < 1.29 is 9.90 Å². The van der Waals surface area contributed by atoms with E-state index < -0.39 is 5.97 Å². The molecule has 1 saturated heterocycles. The molecule has 1 aliphatic heterocycles. The maximum Gasteiger partial charge on any atom is 0.307 e. The Labute approximate surface area is 170 Å². The van der Waals surface area contributed by atoms with Gasteiger partial charge in [0.2, 0.25) is 0 Å². The molecule has 2 aromatic carbocycles. The van der Waals surface area contributed by atoms with Crippen molar-refractivity contribution in [1.29, 1.82) is 0 Å². The van der Waals surface area contributed by atoms with Gasteiger partial charge in [-0.05, 0) is 49.1 Å². The minimum Gasteiger partial charge on any atom is -0.481 e. The van der Waals surface area contributed by atoms with Crippen LogP contribution < -0.4 is 0 Å². The number of likely N-dealkylation sites (tertiary alicyclic amines) is 1. The molecule has 0 saturated carbocycles. The number of carbonyl (C=O) groups is 1. The zero-order valence-electron chi connectivity index (χ0n) is 15.1. The first-order chi connectivity index (χ1) is 13.0. The Balaban J connectivity index is 1.65. The molecule has 0 amide bonds. The Kier molecular flexibility index (Phi) is 6.95. The van der Waals surface area contributed by atoms with Gasteiger partial charge in [-0.25, -0.2) is 0 Å². The second-order valence-electron chi connectivity index (χ2n) is 6.88. The van der Waals surface area contributed by atoms with Gasteiger partial charge in [0.25, 0.3) is 0 Å². The van der Waals surface area contributed by atoms with Crippen LogP contribution in [0.3, 0.4) is 0 Å². The van der Waals surface area contributed by atoms with Crippen molar-refractivity contribution >= 4 is 35.2 Å². The third-order valence-electron chi connectivity index (χ3n) is 4.95. The van der Waals surface area contributed by atoms with E-state index in [1.165, 1.54) is 0 Å². The number of hydrogen-bond acceptors (Lipinski definition) is 2. The van der Waals surface area contributed by atoms with Crippen molar-refractivity contribution in [3.05, 3.63) is 64.1 Å². The summed E-state index contributed by atoms with van der Waals surface area (Å²) in [7, 11) is 0. The molecule has 3 nitrogen and oxygen atoms in total. The van der Waals surface area contributed by atoms with Crippen LogP contribution in [-0.4, -0.2) is 35.6 Å². The number of carboxylic acid groups (broad SMARTS) is 1. The third kappa shape index (κ3) is 5.35. The van der Waals surface area contributed by atoms with E-state index in [2.05, 4.69) is 29.2 Å². The quantitative estimate of drug-likeness (QED) is 0.656. The predicted octanol–water partition coefficient (Wildman–Crippen LogP) is 5.86. The van der Waals surface area contributed by atoms with E-state index in [0.717, 1.165) is 49.0 Å². The van der Waals surface area contributed by atoms with Crippen molar-refractivity contribution in [3.63, 3.8) is 0 Å². The molecular formula is C22H23Cl2NO2. The van der Waals surface area contributed by atoms with Crippen LogP contribution in [0.1, 0.15) is 24.8 Å². The lowest BCUT2D eigenvalue weighted by molar-refractivity contribution is -0.143. The summed E-state index contributed by atoms with van der Waals surface area (Å²) in [6.45, 7) is 2.51. The summed E-state index contributed by atoms with van der Waals surface area (Å²) in [4.78, 5) is 13.4. The fraction of sp³-hybridized carbons (Fsp3) is 0.318. The molecule has 1 heterocycles. The molecule has 2 aromatic rings. The van der Waals surface area contributed by atoms with Gasteiger partial charge in [-0.1, -0.05) is 65.7 Å². The summed E-state index contributed by atoms with van der Waals surface area (Å²) in [5, 5.41) is 10.5. The highest BCUT2D eigenvalue weighted by molar-refractivity contribution is 6.36. The number of nitrogens with zero attached hydrogens (tertiary/aromatic N) is 1. The molecule has 3 rings (SSSR count). The van der Waals surface area contributed by atoms with Crippen LogP contribution in [0.4, 0.5) is 0 Å². The first kappa shape index (κ1) is 19.9. The largest absolute Gasteiger partial charge is 0.481 e. The van der Waals surface area contributed by atoms with Gasteiger partial charge >= 0.3 is 5.97 Å². The first-order valence-electron chi connectivity index (χ1n) is 9.21. The van der Waals surface area contributed by atoms with Crippen LogP contribution in [-0.2, 0) is 4.79 Å². The minimum absolute atomic E-state index is 0.226. The van der Waals surface area contributed by atoms with Crippen molar-refractivity contribution in [2.45, 2.75) is 19.3 Å². The van der Waals surface area contributed by atoms with Gasteiger partial charge in [0.05, 0.1) is 5.92 Å². The van der Waals surface area contributed by atoms with Crippen LogP contribution in [0.15, 0.2) is 48.5 Å². The molecule has 1 fully saturated rings. The lowest BCUT2D eigenvalue weighted by Crippen LogP contribution is -2.38. The van der Waals surface area contributed by atoms with Crippen molar-refractivity contribution in [1.82, 2.24) is 4.90 Å². The zero-order chi connectivity index (χ0) is 19.2. The summed E-state index contributed by atoms with van der Waals surface area (Å²) in [5.74, 6) is -0.903. The molecule has 1 atom stereocenters. The molecule has 0 radical (unpaired) electrons.